The van der Waals surface area contributed by atoms with Crippen LogP contribution < -0.4 is 14.9 Å². The molecule has 2 aromatic heterocycles. The molecule has 3 heterocycles. The van der Waals surface area contributed by atoms with Crippen LogP contribution in [0.15, 0.2) is 46.7 Å². The second-order valence-electron chi connectivity index (χ2n) is 6.61. The number of hydrogen-bond acceptors (Lipinski definition) is 6. The number of pyridine rings is 1. The van der Waals surface area contributed by atoms with E-state index in [1.54, 1.807) is 23.8 Å². The number of aromatic carboxylic acids is 1. The number of ether oxygens (including phenoxy) is 3. The SMILES string of the molecule is COCCCOc1cc2c(cc1Cl)-c1cc(=O)c(C(=O)O)cn1C(c1cccs1)O2. The molecule has 3 aromatic rings. The first kappa shape index (κ1) is 20.5. The topological polar surface area (TPSA) is 87.0 Å². The number of rotatable bonds is 7. The molecule has 7 nitrogen and oxygen atoms in total. The van der Waals surface area contributed by atoms with Gasteiger partial charge in [-0.1, -0.05) is 17.7 Å². The maximum atomic E-state index is 12.4. The minimum absolute atomic E-state index is 0.323. The van der Waals surface area contributed by atoms with Gasteiger partial charge in [0.15, 0.2) is 5.43 Å². The van der Waals surface area contributed by atoms with Gasteiger partial charge in [-0.05, 0) is 17.5 Å². The van der Waals surface area contributed by atoms with Crippen LogP contribution in [0.4, 0.5) is 0 Å². The zero-order valence-corrected chi connectivity index (χ0v) is 17.5. The maximum Gasteiger partial charge on any atom is 0.341 e. The summed E-state index contributed by atoms with van der Waals surface area (Å²) in [4.78, 5) is 24.7. The van der Waals surface area contributed by atoms with Crippen molar-refractivity contribution in [2.75, 3.05) is 20.3 Å². The monoisotopic (exact) mass is 447 g/mol. The number of thiophene rings is 1. The molecule has 1 aliphatic heterocycles. The summed E-state index contributed by atoms with van der Waals surface area (Å²) in [5.41, 5.74) is 0.211. The number of carbonyl (C=O) groups is 1. The number of fused-ring (bicyclic) bond motifs is 3. The fourth-order valence-corrected chi connectivity index (χ4v) is 4.22. The molecule has 1 N–H and O–H groups in total. The predicted octanol–water partition coefficient (Wildman–Crippen LogP) is 4.28. The van der Waals surface area contributed by atoms with Gasteiger partial charge in [0, 0.05) is 44.0 Å². The van der Waals surface area contributed by atoms with Crippen molar-refractivity contribution in [1.82, 2.24) is 4.57 Å². The molecule has 30 heavy (non-hydrogen) atoms. The molecule has 0 saturated heterocycles. The van der Waals surface area contributed by atoms with E-state index < -0.39 is 17.6 Å². The summed E-state index contributed by atoms with van der Waals surface area (Å²) in [5, 5.41) is 11.7. The number of halogens is 1. The summed E-state index contributed by atoms with van der Waals surface area (Å²) < 4.78 is 18.6. The summed E-state index contributed by atoms with van der Waals surface area (Å²) in [7, 11) is 1.62. The lowest BCUT2D eigenvalue weighted by atomic mass is 10.1. The van der Waals surface area contributed by atoms with E-state index in [0.29, 0.717) is 47.4 Å². The summed E-state index contributed by atoms with van der Waals surface area (Å²) >= 11 is 7.88. The van der Waals surface area contributed by atoms with Crippen molar-refractivity contribution in [1.29, 1.82) is 0 Å². The van der Waals surface area contributed by atoms with Gasteiger partial charge in [0.05, 0.1) is 22.2 Å². The molecule has 1 unspecified atom stereocenters. The third-order valence-corrected chi connectivity index (χ3v) is 5.85. The van der Waals surface area contributed by atoms with E-state index in [-0.39, 0.29) is 5.56 Å². The molecule has 4 rings (SSSR count). The normalized spacial score (nSPS) is 14.5. The molecule has 9 heteroatoms. The van der Waals surface area contributed by atoms with Gasteiger partial charge >= 0.3 is 5.97 Å². The molecule has 1 atom stereocenters. The predicted molar refractivity (Wildman–Crippen MR) is 113 cm³/mol. The van der Waals surface area contributed by atoms with Gasteiger partial charge < -0.3 is 23.9 Å². The Morgan fingerprint density at radius 1 is 1.33 bits per heavy atom. The van der Waals surface area contributed by atoms with E-state index in [9.17, 15) is 14.7 Å². The van der Waals surface area contributed by atoms with Gasteiger partial charge in [-0.25, -0.2) is 4.79 Å². The van der Waals surface area contributed by atoms with E-state index in [4.69, 9.17) is 25.8 Å². The summed E-state index contributed by atoms with van der Waals surface area (Å²) in [5.74, 6) is -0.319. The second kappa shape index (κ2) is 8.51. The number of hydrogen-bond donors (Lipinski definition) is 1. The van der Waals surface area contributed by atoms with Crippen molar-refractivity contribution in [2.24, 2.45) is 0 Å². The first-order chi connectivity index (χ1) is 14.5. The number of nitrogens with zero attached hydrogens (tertiary/aromatic N) is 1. The van der Waals surface area contributed by atoms with Gasteiger partial charge in [0.2, 0.25) is 6.23 Å². The molecule has 0 radical (unpaired) electrons. The van der Waals surface area contributed by atoms with Crippen LogP contribution in [0.3, 0.4) is 0 Å². The van der Waals surface area contributed by atoms with E-state index in [0.717, 1.165) is 4.88 Å². The van der Waals surface area contributed by atoms with Gasteiger partial charge in [-0.3, -0.25) is 4.79 Å². The van der Waals surface area contributed by atoms with Crippen molar-refractivity contribution in [3.05, 3.63) is 67.6 Å². The molecule has 0 amide bonds. The number of aromatic nitrogens is 1. The molecule has 156 valence electrons. The molecule has 1 aromatic carbocycles. The van der Waals surface area contributed by atoms with Crippen molar-refractivity contribution < 1.29 is 24.1 Å². The maximum absolute atomic E-state index is 12.4. The highest BCUT2D eigenvalue weighted by Crippen LogP contribution is 2.45. The van der Waals surface area contributed by atoms with Crippen molar-refractivity contribution in [2.45, 2.75) is 12.6 Å². The van der Waals surface area contributed by atoms with Gasteiger partial charge in [0.1, 0.15) is 17.1 Å². The Hall–Kier alpha value is -2.81. The third kappa shape index (κ3) is 3.81. The van der Waals surface area contributed by atoms with Crippen LogP contribution in [0.1, 0.15) is 27.9 Å². The van der Waals surface area contributed by atoms with E-state index in [1.807, 2.05) is 17.5 Å². The third-order valence-electron chi connectivity index (χ3n) is 4.65. The Bertz CT molecular complexity index is 1140. The lowest BCUT2D eigenvalue weighted by molar-refractivity contribution is 0.0693. The van der Waals surface area contributed by atoms with Crippen LogP contribution in [0.2, 0.25) is 5.02 Å². The largest absolute Gasteiger partial charge is 0.492 e. The van der Waals surface area contributed by atoms with Crippen molar-refractivity contribution in [3.63, 3.8) is 0 Å². The standard InChI is InChI=1S/C21H18ClNO6S/c1-27-5-3-6-28-18-10-17-12(8-14(18)22)15-9-16(24)13(21(25)26)11-23(15)20(29-17)19-4-2-7-30-19/h2,4,7-11,20H,3,5-6H2,1H3,(H,25,26). The molecule has 0 spiro atoms. The van der Waals surface area contributed by atoms with Crippen LogP contribution >= 0.6 is 22.9 Å². The summed E-state index contributed by atoms with van der Waals surface area (Å²) in [6, 6.07) is 8.44. The smallest absolute Gasteiger partial charge is 0.341 e. The Morgan fingerprint density at radius 2 is 2.17 bits per heavy atom. The Balaban J connectivity index is 1.81. The molecule has 0 fully saturated rings. The molecule has 0 aliphatic carbocycles. The van der Waals surface area contributed by atoms with E-state index >= 15 is 0 Å². The number of benzene rings is 1. The zero-order valence-electron chi connectivity index (χ0n) is 16.0. The quantitative estimate of drug-likeness (QED) is 0.544. The number of methoxy groups -OCH3 is 1. The van der Waals surface area contributed by atoms with Crippen molar-refractivity contribution in [3.8, 4) is 22.8 Å². The second-order valence-corrected chi connectivity index (χ2v) is 7.99. The Morgan fingerprint density at radius 3 is 2.87 bits per heavy atom. The molecule has 1 aliphatic rings. The van der Waals surface area contributed by atoms with Crippen molar-refractivity contribution >= 4 is 28.9 Å². The van der Waals surface area contributed by atoms with E-state index in [2.05, 4.69) is 0 Å². The van der Waals surface area contributed by atoms with Crippen LogP contribution in [-0.4, -0.2) is 36.0 Å². The first-order valence-electron chi connectivity index (χ1n) is 9.14. The average molecular weight is 448 g/mol. The fourth-order valence-electron chi connectivity index (χ4n) is 3.25. The highest BCUT2D eigenvalue weighted by Gasteiger charge is 2.30. The minimum Gasteiger partial charge on any atom is -0.492 e. The number of carboxylic acids is 1. The highest BCUT2D eigenvalue weighted by atomic mass is 35.5. The zero-order chi connectivity index (χ0) is 21.3. The Labute approximate surface area is 181 Å². The van der Waals surface area contributed by atoms with Crippen LogP contribution in [-0.2, 0) is 4.74 Å². The summed E-state index contributed by atoms with van der Waals surface area (Å²) in [6.07, 6.45) is 1.41. The lowest BCUT2D eigenvalue weighted by Gasteiger charge is -2.31. The van der Waals surface area contributed by atoms with Crippen LogP contribution in [0.5, 0.6) is 11.5 Å². The average Bonchev–Trinajstić information content (AvgIpc) is 3.25. The van der Waals surface area contributed by atoms with Gasteiger partial charge in [-0.15, -0.1) is 11.3 Å². The molecular weight excluding hydrogens is 430 g/mol. The first-order valence-corrected chi connectivity index (χ1v) is 10.4. The van der Waals surface area contributed by atoms with Gasteiger partial charge in [-0.2, -0.15) is 0 Å². The molecule has 0 bridgehead atoms. The molecule has 0 saturated carbocycles. The Kier molecular flexibility index (Phi) is 5.80. The lowest BCUT2D eigenvalue weighted by Crippen LogP contribution is -2.27. The van der Waals surface area contributed by atoms with Crippen LogP contribution in [0.25, 0.3) is 11.3 Å². The summed E-state index contributed by atoms with van der Waals surface area (Å²) in [6.45, 7) is 1.00. The van der Waals surface area contributed by atoms with Gasteiger partial charge in [0.25, 0.3) is 0 Å². The fraction of sp³-hybridized carbons (Fsp3) is 0.238. The molecular formula is C21H18ClNO6S. The van der Waals surface area contributed by atoms with Crippen LogP contribution in [0, 0.1) is 0 Å². The van der Waals surface area contributed by atoms with E-state index in [1.165, 1.54) is 23.6 Å². The minimum atomic E-state index is -1.29. The number of carboxylic acid groups (broad SMARTS) is 1. The highest BCUT2D eigenvalue weighted by molar-refractivity contribution is 7.10.